The van der Waals surface area contributed by atoms with Crippen LogP contribution < -0.4 is 9.62 Å². The van der Waals surface area contributed by atoms with E-state index in [9.17, 15) is 13.2 Å². The maximum atomic E-state index is 13.5. The molecule has 0 aliphatic heterocycles. The van der Waals surface area contributed by atoms with Crippen LogP contribution in [0, 0.1) is 13.8 Å². The lowest BCUT2D eigenvalue weighted by molar-refractivity contribution is -0.114. The van der Waals surface area contributed by atoms with Crippen LogP contribution in [0.1, 0.15) is 36.5 Å². The fourth-order valence-corrected chi connectivity index (χ4v) is 4.78. The lowest BCUT2D eigenvalue weighted by atomic mass is 10.0. The number of carbonyl (C=O) groups is 1. The Balaban J connectivity index is 1.94. The van der Waals surface area contributed by atoms with Gasteiger partial charge in [0.25, 0.3) is 10.0 Å². The molecule has 0 saturated carbocycles. The molecule has 0 aliphatic rings. The van der Waals surface area contributed by atoms with E-state index < -0.39 is 15.9 Å². The second-order valence-electron chi connectivity index (χ2n) is 8.08. The molecule has 0 unspecified atom stereocenters. The smallest absolute Gasteiger partial charge is 0.264 e. The van der Waals surface area contributed by atoms with Gasteiger partial charge in [0.2, 0.25) is 5.91 Å². The maximum Gasteiger partial charge on any atom is 0.264 e. The molecule has 3 rings (SSSR count). The zero-order valence-corrected chi connectivity index (χ0v) is 20.2. The molecule has 0 fully saturated rings. The Bertz CT molecular complexity index is 1200. The first kappa shape index (κ1) is 23.8. The minimum atomic E-state index is -3.96. The zero-order valence-electron chi connectivity index (χ0n) is 18.6. The van der Waals surface area contributed by atoms with Crippen LogP contribution in [0.15, 0.2) is 71.6 Å². The third kappa shape index (κ3) is 5.50. The van der Waals surface area contributed by atoms with Gasteiger partial charge in [0.05, 0.1) is 10.6 Å². The predicted octanol–water partition coefficient (Wildman–Crippen LogP) is 5.91. The molecular formula is C25H27ClN2O3S. The fourth-order valence-electron chi connectivity index (χ4n) is 3.18. The first-order valence-corrected chi connectivity index (χ1v) is 12.1. The molecule has 0 atom stereocenters. The largest absolute Gasteiger partial charge is 0.324 e. The first-order valence-electron chi connectivity index (χ1n) is 10.3. The summed E-state index contributed by atoms with van der Waals surface area (Å²) in [5.41, 5.74) is 3.85. The molecule has 0 aliphatic carbocycles. The normalized spacial score (nSPS) is 11.4. The minimum Gasteiger partial charge on any atom is -0.324 e. The van der Waals surface area contributed by atoms with E-state index in [-0.39, 0.29) is 11.4 Å². The lowest BCUT2D eigenvalue weighted by Crippen LogP contribution is -2.38. The van der Waals surface area contributed by atoms with Gasteiger partial charge in [0.1, 0.15) is 6.54 Å². The van der Waals surface area contributed by atoms with Gasteiger partial charge in [-0.2, -0.15) is 0 Å². The predicted molar refractivity (Wildman–Crippen MR) is 131 cm³/mol. The minimum absolute atomic E-state index is 0.127. The number of nitrogens with one attached hydrogen (secondary N) is 1. The lowest BCUT2D eigenvalue weighted by Gasteiger charge is -2.24. The molecule has 5 nitrogen and oxygen atoms in total. The van der Waals surface area contributed by atoms with Crippen molar-refractivity contribution in [2.45, 2.75) is 38.5 Å². The Morgan fingerprint density at radius 2 is 1.59 bits per heavy atom. The van der Waals surface area contributed by atoms with Gasteiger partial charge in [0, 0.05) is 10.7 Å². The van der Waals surface area contributed by atoms with Crippen LogP contribution in [0.3, 0.4) is 0 Å². The Labute approximate surface area is 195 Å². The van der Waals surface area contributed by atoms with Crippen LogP contribution in [-0.2, 0) is 14.8 Å². The number of hydrogen-bond donors (Lipinski definition) is 1. The average Bonchev–Trinajstić information content (AvgIpc) is 2.75. The summed E-state index contributed by atoms with van der Waals surface area (Å²) in [6.07, 6.45) is 0. The molecule has 3 aromatic rings. The number of halogens is 1. The number of sulfonamides is 1. The molecular weight excluding hydrogens is 444 g/mol. The van der Waals surface area contributed by atoms with Crippen LogP contribution in [0.4, 0.5) is 11.4 Å². The van der Waals surface area contributed by atoms with E-state index in [0.29, 0.717) is 22.3 Å². The number of amides is 1. The van der Waals surface area contributed by atoms with Crippen molar-refractivity contribution in [2.75, 3.05) is 16.2 Å². The number of rotatable bonds is 7. The van der Waals surface area contributed by atoms with E-state index in [0.717, 1.165) is 21.0 Å². The molecule has 7 heteroatoms. The highest BCUT2D eigenvalue weighted by Gasteiger charge is 2.27. The van der Waals surface area contributed by atoms with Crippen LogP contribution in [0.2, 0.25) is 5.02 Å². The number of anilines is 2. The topological polar surface area (TPSA) is 66.5 Å². The van der Waals surface area contributed by atoms with Gasteiger partial charge in [-0.05, 0) is 67.3 Å². The van der Waals surface area contributed by atoms with Gasteiger partial charge in [-0.1, -0.05) is 61.3 Å². The van der Waals surface area contributed by atoms with Gasteiger partial charge < -0.3 is 5.32 Å². The molecule has 0 saturated heterocycles. The number of benzene rings is 3. The summed E-state index contributed by atoms with van der Waals surface area (Å²) in [7, 11) is -3.96. The monoisotopic (exact) mass is 470 g/mol. The van der Waals surface area contributed by atoms with Gasteiger partial charge in [-0.15, -0.1) is 0 Å². The molecule has 1 N–H and O–H groups in total. The van der Waals surface area contributed by atoms with Gasteiger partial charge in [0.15, 0.2) is 0 Å². The summed E-state index contributed by atoms with van der Waals surface area (Å²) in [5, 5.41) is 3.27. The van der Waals surface area contributed by atoms with Crippen molar-refractivity contribution >= 4 is 38.9 Å². The summed E-state index contributed by atoms with van der Waals surface area (Å²) < 4.78 is 28.1. The van der Waals surface area contributed by atoms with E-state index in [2.05, 4.69) is 19.2 Å². The van der Waals surface area contributed by atoms with Crippen molar-refractivity contribution in [3.63, 3.8) is 0 Å². The zero-order chi connectivity index (χ0) is 23.5. The van der Waals surface area contributed by atoms with E-state index in [1.165, 1.54) is 0 Å². The van der Waals surface area contributed by atoms with Gasteiger partial charge in [-0.3, -0.25) is 9.10 Å². The Kier molecular flexibility index (Phi) is 7.26. The van der Waals surface area contributed by atoms with Crippen LogP contribution >= 0.6 is 11.6 Å². The van der Waals surface area contributed by atoms with Crippen molar-refractivity contribution in [1.29, 1.82) is 0 Å². The van der Waals surface area contributed by atoms with Crippen molar-refractivity contribution in [3.05, 3.63) is 88.4 Å². The molecule has 0 aromatic heterocycles. The molecule has 0 bridgehead atoms. The quantitative estimate of drug-likeness (QED) is 0.466. The van der Waals surface area contributed by atoms with Crippen LogP contribution in [0.5, 0.6) is 0 Å². The van der Waals surface area contributed by atoms with E-state index in [4.69, 9.17) is 11.6 Å². The second-order valence-corrected chi connectivity index (χ2v) is 10.4. The molecule has 32 heavy (non-hydrogen) atoms. The van der Waals surface area contributed by atoms with E-state index in [1.807, 2.05) is 26.0 Å². The summed E-state index contributed by atoms with van der Waals surface area (Å²) in [5.74, 6) is -0.158. The van der Waals surface area contributed by atoms with Crippen molar-refractivity contribution < 1.29 is 13.2 Å². The van der Waals surface area contributed by atoms with Gasteiger partial charge in [-0.25, -0.2) is 8.42 Å². The molecule has 0 heterocycles. The number of carbonyl (C=O) groups excluding carboxylic acids is 1. The SMILES string of the molecule is Cc1ccc(S(=O)(=O)N(CC(=O)Nc2ccc(C)c(Cl)c2)c2ccc(C(C)C)cc2)cc1. The summed E-state index contributed by atoms with van der Waals surface area (Å²) in [4.78, 5) is 13.0. The summed E-state index contributed by atoms with van der Waals surface area (Å²) >= 11 is 6.15. The first-order chi connectivity index (χ1) is 15.1. The molecule has 0 spiro atoms. The third-order valence-corrected chi connectivity index (χ3v) is 7.39. The molecule has 1 amide bonds. The fraction of sp³-hybridized carbons (Fsp3) is 0.240. The average molecular weight is 471 g/mol. The van der Waals surface area contributed by atoms with Crippen molar-refractivity contribution in [3.8, 4) is 0 Å². The van der Waals surface area contributed by atoms with E-state index >= 15 is 0 Å². The maximum absolute atomic E-state index is 13.5. The van der Waals surface area contributed by atoms with E-state index in [1.54, 1.807) is 54.6 Å². The van der Waals surface area contributed by atoms with Crippen molar-refractivity contribution in [1.82, 2.24) is 0 Å². The van der Waals surface area contributed by atoms with Crippen molar-refractivity contribution in [2.24, 2.45) is 0 Å². The summed E-state index contributed by atoms with van der Waals surface area (Å²) in [6, 6.07) is 19.0. The standard InChI is InChI=1S/C25H27ClN2O3S/c1-17(2)20-8-11-22(12-9-20)28(32(30,31)23-13-5-18(3)6-14-23)16-25(29)27-21-10-7-19(4)24(26)15-21/h5-15,17H,16H2,1-4H3,(H,27,29). The molecule has 168 valence electrons. The molecule has 0 radical (unpaired) electrons. The number of nitrogens with zero attached hydrogens (tertiary/aromatic N) is 1. The number of aryl methyl sites for hydroxylation is 2. The Morgan fingerprint density at radius 1 is 0.969 bits per heavy atom. The number of hydrogen-bond acceptors (Lipinski definition) is 3. The Hall–Kier alpha value is -2.83. The third-order valence-electron chi connectivity index (χ3n) is 5.20. The molecule has 3 aromatic carbocycles. The highest BCUT2D eigenvalue weighted by Crippen LogP contribution is 2.26. The van der Waals surface area contributed by atoms with Gasteiger partial charge >= 0.3 is 0 Å². The highest BCUT2D eigenvalue weighted by atomic mass is 35.5. The van der Waals surface area contributed by atoms with Crippen LogP contribution in [-0.4, -0.2) is 20.9 Å². The Morgan fingerprint density at radius 3 is 2.16 bits per heavy atom. The highest BCUT2D eigenvalue weighted by molar-refractivity contribution is 7.92. The summed E-state index contributed by atoms with van der Waals surface area (Å²) in [6.45, 7) is 7.51. The second kappa shape index (κ2) is 9.76. The van der Waals surface area contributed by atoms with Crippen LogP contribution in [0.25, 0.3) is 0 Å².